The fourth-order valence-corrected chi connectivity index (χ4v) is 4.37. The molecule has 0 aromatic carbocycles. The molecule has 0 radical (unpaired) electrons. The lowest BCUT2D eigenvalue weighted by atomic mass is 9.99. The first-order valence-corrected chi connectivity index (χ1v) is 11.4. The number of aliphatic imine (C=N–C) groups is 1. The molecule has 1 rings (SSSR count). The lowest BCUT2D eigenvalue weighted by Crippen LogP contribution is -2.53. The number of unbranched alkanes of at least 4 members (excludes halogenated alkanes) is 3. The highest BCUT2D eigenvalue weighted by atomic mass is 32.2. The average Bonchev–Trinajstić information content (AvgIpc) is 2.56. The largest absolute Gasteiger partial charge is 0.381 e. The van der Waals surface area contributed by atoms with Gasteiger partial charge in [0.1, 0.15) is 0 Å². The van der Waals surface area contributed by atoms with E-state index in [2.05, 4.69) is 29.5 Å². The molecule has 0 saturated carbocycles. The number of sulfone groups is 1. The molecule has 0 aromatic rings. The Bertz CT molecular complexity index is 498. The van der Waals surface area contributed by atoms with E-state index in [-0.39, 0.29) is 0 Å². The van der Waals surface area contributed by atoms with Crippen LogP contribution in [0.2, 0.25) is 0 Å². The number of ether oxygens (including phenoxy) is 1. The van der Waals surface area contributed by atoms with Gasteiger partial charge >= 0.3 is 0 Å². The van der Waals surface area contributed by atoms with Gasteiger partial charge in [-0.3, -0.25) is 4.99 Å². The van der Waals surface area contributed by atoms with Gasteiger partial charge in [0, 0.05) is 39.6 Å². The topological polar surface area (TPSA) is 79.8 Å². The van der Waals surface area contributed by atoms with Crippen molar-refractivity contribution in [3.05, 3.63) is 0 Å². The maximum Gasteiger partial charge on any atom is 0.191 e. The van der Waals surface area contributed by atoms with Crippen molar-refractivity contribution in [3.63, 3.8) is 0 Å². The summed E-state index contributed by atoms with van der Waals surface area (Å²) >= 11 is 0. The zero-order chi connectivity index (χ0) is 18.8. The van der Waals surface area contributed by atoms with Crippen LogP contribution in [0.15, 0.2) is 4.99 Å². The van der Waals surface area contributed by atoms with Crippen LogP contribution in [0.1, 0.15) is 58.8 Å². The van der Waals surface area contributed by atoms with E-state index in [9.17, 15) is 8.42 Å². The lowest BCUT2D eigenvalue weighted by Gasteiger charge is -2.35. The van der Waals surface area contributed by atoms with E-state index in [1.54, 1.807) is 7.05 Å². The normalized spacial score (nSPS) is 18.4. The summed E-state index contributed by atoms with van der Waals surface area (Å²) in [6.07, 6.45) is 8.57. The SMILES string of the molecule is CN=C(NCCCCCCC(C)C)NCC1(S(C)(=O)=O)CCOCC1. The van der Waals surface area contributed by atoms with E-state index in [4.69, 9.17) is 4.74 Å². The van der Waals surface area contributed by atoms with Crippen LogP contribution in [0.3, 0.4) is 0 Å². The Balaban J connectivity index is 2.33. The highest BCUT2D eigenvalue weighted by Gasteiger charge is 2.42. The number of nitrogens with zero attached hydrogens (tertiary/aromatic N) is 1. The van der Waals surface area contributed by atoms with E-state index >= 15 is 0 Å². The van der Waals surface area contributed by atoms with Gasteiger partial charge in [-0.25, -0.2) is 8.42 Å². The molecule has 1 aliphatic rings. The summed E-state index contributed by atoms with van der Waals surface area (Å²) in [5, 5.41) is 6.50. The van der Waals surface area contributed by atoms with Crippen molar-refractivity contribution in [2.75, 3.05) is 39.6 Å². The molecule has 1 aliphatic heterocycles. The molecule has 0 amide bonds. The smallest absolute Gasteiger partial charge is 0.191 e. The molecular formula is C18H37N3O3S. The average molecular weight is 376 g/mol. The zero-order valence-corrected chi connectivity index (χ0v) is 17.3. The first kappa shape index (κ1) is 22.2. The van der Waals surface area contributed by atoms with Crippen LogP contribution in [0, 0.1) is 5.92 Å². The number of hydrogen-bond donors (Lipinski definition) is 2. The van der Waals surface area contributed by atoms with Gasteiger partial charge in [-0.2, -0.15) is 0 Å². The second-order valence-electron chi connectivity index (χ2n) is 7.52. The summed E-state index contributed by atoms with van der Waals surface area (Å²) in [6, 6.07) is 0. The molecule has 1 fully saturated rings. The highest BCUT2D eigenvalue weighted by molar-refractivity contribution is 7.92. The van der Waals surface area contributed by atoms with Crippen molar-refractivity contribution < 1.29 is 13.2 Å². The summed E-state index contributed by atoms with van der Waals surface area (Å²) in [7, 11) is -1.44. The molecule has 1 saturated heterocycles. The van der Waals surface area contributed by atoms with Crippen molar-refractivity contribution in [3.8, 4) is 0 Å². The Morgan fingerprint density at radius 2 is 1.76 bits per heavy atom. The molecule has 0 atom stereocenters. The Labute approximate surface area is 154 Å². The minimum Gasteiger partial charge on any atom is -0.381 e. The zero-order valence-electron chi connectivity index (χ0n) is 16.4. The summed E-state index contributed by atoms with van der Waals surface area (Å²) in [5.74, 6) is 1.46. The molecule has 0 aliphatic carbocycles. The summed E-state index contributed by atoms with van der Waals surface area (Å²) < 4.78 is 29.1. The Hall–Kier alpha value is -0.820. The predicted octanol–water partition coefficient (Wildman–Crippen LogP) is 2.35. The molecule has 0 aromatic heterocycles. The number of nitrogens with one attached hydrogen (secondary N) is 2. The van der Waals surface area contributed by atoms with Gasteiger partial charge in [-0.05, 0) is 25.2 Å². The minimum atomic E-state index is -3.16. The third-order valence-corrected chi connectivity index (χ3v) is 7.12. The number of hydrogen-bond acceptors (Lipinski definition) is 4. The Morgan fingerprint density at radius 1 is 1.12 bits per heavy atom. The maximum atomic E-state index is 12.3. The first-order valence-electron chi connectivity index (χ1n) is 9.52. The summed E-state index contributed by atoms with van der Waals surface area (Å²) in [6.45, 7) is 6.76. The van der Waals surface area contributed by atoms with E-state index in [0.29, 0.717) is 38.6 Å². The molecule has 25 heavy (non-hydrogen) atoms. The van der Waals surface area contributed by atoms with Gasteiger partial charge < -0.3 is 15.4 Å². The van der Waals surface area contributed by atoms with Gasteiger partial charge in [-0.1, -0.05) is 39.5 Å². The van der Waals surface area contributed by atoms with E-state index in [1.165, 1.54) is 31.9 Å². The van der Waals surface area contributed by atoms with Crippen LogP contribution in [0.5, 0.6) is 0 Å². The second kappa shape index (κ2) is 11.0. The summed E-state index contributed by atoms with van der Waals surface area (Å²) in [4.78, 5) is 4.21. The maximum absolute atomic E-state index is 12.3. The molecule has 6 nitrogen and oxygen atoms in total. The van der Waals surface area contributed by atoms with Gasteiger partial charge in [0.25, 0.3) is 0 Å². The fourth-order valence-electron chi connectivity index (χ4n) is 3.13. The molecule has 0 unspecified atom stereocenters. The lowest BCUT2D eigenvalue weighted by molar-refractivity contribution is 0.0756. The van der Waals surface area contributed by atoms with Crippen molar-refractivity contribution in [2.45, 2.75) is 63.5 Å². The predicted molar refractivity (Wildman–Crippen MR) is 105 cm³/mol. The second-order valence-corrected chi connectivity index (χ2v) is 9.93. The molecule has 148 valence electrons. The van der Waals surface area contributed by atoms with E-state index < -0.39 is 14.6 Å². The highest BCUT2D eigenvalue weighted by Crippen LogP contribution is 2.28. The monoisotopic (exact) mass is 375 g/mol. The van der Waals surface area contributed by atoms with Crippen LogP contribution in [0.4, 0.5) is 0 Å². The quantitative estimate of drug-likeness (QED) is 0.348. The van der Waals surface area contributed by atoms with Crippen LogP contribution in [0.25, 0.3) is 0 Å². The molecule has 1 heterocycles. The molecule has 0 bridgehead atoms. The van der Waals surface area contributed by atoms with Gasteiger partial charge in [0.05, 0.1) is 4.75 Å². The molecular weight excluding hydrogens is 338 g/mol. The first-order chi connectivity index (χ1) is 11.8. The van der Waals surface area contributed by atoms with Crippen molar-refractivity contribution >= 4 is 15.8 Å². The Kier molecular flexibility index (Phi) is 9.79. The summed E-state index contributed by atoms with van der Waals surface area (Å²) in [5.41, 5.74) is 0. The third kappa shape index (κ3) is 7.94. The van der Waals surface area contributed by atoms with Crippen molar-refractivity contribution in [1.29, 1.82) is 0 Å². The van der Waals surface area contributed by atoms with Gasteiger partial charge in [-0.15, -0.1) is 0 Å². The van der Waals surface area contributed by atoms with Crippen molar-refractivity contribution in [2.24, 2.45) is 10.9 Å². The van der Waals surface area contributed by atoms with Crippen molar-refractivity contribution in [1.82, 2.24) is 10.6 Å². The Morgan fingerprint density at radius 3 is 2.32 bits per heavy atom. The fraction of sp³-hybridized carbons (Fsp3) is 0.944. The number of guanidine groups is 1. The standard InChI is InChI=1S/C18H37N3O3S/c1-16(2)9-7-5-6-8-12-20-17(19-3)21-15-18(25(4,22)23)10-13-24-14-11-18/h16H,5-15H2,1-4H3,(H2,19,20,21). The van der Waals surface area contributed by atoms with E-state index in [0.717, 1.165) is 18.9 Å². The third-order valence-electron chi connectivity index (χ3n) is 4.99. The van der Waals surface area contributed by atoms with Crippen LogP contribution >= 0.6 is 0 Å². The molecule has 0 spiro atoms. The van der Waals surface area contributed by atoms with Crippen LogP contribution < -0.4 is 10.6 Å². The van der Waals surface area contributed by atoms with E-state index in [1.807, 2.05) is 0 Å². The molecule has 2 N–H and O–H groups in total. The van der Waals surface area contributed by atoms with Crippen LogP contribution in [-0.4, -0.2) is 58.7 Å². The van der Waals surface area contributed by atoms with Crippen LogP contribution in [-0.2, 0) is 14.6 Å². The number of rotatable bonds is 10. The molecule has 7 heteroatoms. The van der Waals surface area contributed by atoms with Gasteiger partial charge in [0.2, 0.25) is 0 Å². The van der Waals surface area contributed by atoms with Gasteiger partial charge in [0.15, 0.2) is 15.8 Å². The minimum absolute atomic E-state index is 0.378.